The van der Waals surface area contributed by atoms with Crippen molar-refractivity contribution in [2.75, 3.05) is 19.8 Å². The van der Waals surface area contributed by atoms with Crippen molar-refractivity contribution in [1.82, 2.24) is 4.31 Å². The summed E-state index contributed by atoms with van der Waals surface area (Å²) < 4.78 is 30.8. The number of ether oxygens (including phenoxy) is 1. The number of hydrogen-bond donors (Lipinski definition) is 1. The monoisotopic (exact) mass is 248 g/mol. The third-order valence-corrected chi connectivity index (χ3v) is 5.47. The van der Waals surface area contributed by atoms with Crippen LogP contribution in [-0.2, 0) is 14.8 Å². The van der Waals surface area contributed by atoms with Gasteiger partial charge in [-0.1, -0.05) is 6.07 Å². The summed E-state index contributed by atoms with van der Waals surface area (Å²) in [5.41, 5.74) is 5.70. The molecule has 84 valence electrons. The zero-order valence-corrected chi connectivity index (χ0v) is 9.63. The second kappa shape index (κ2) is 4.18. The Balaban J connectivity index is 2.29. The third-order valence-electron chi connectivity index (χ3n) is 2.17. The molecule has 1 aliphatic rings. The molecule has 1 saturated heterocycles. The van der Waals surface area contributed by atoms with Gasteiger partial charge in [-0.15, -0.1) is 11.3 Å². The molecule has 0 aliphatic carbocycles. The normalized spacial score (nSPS) is 24.2. The lowest BCUT2D eigenvalue weighted by Crippen LogP contribution is -2.53. The maximum Gasteiger partial charge on any atom is 0.254 e. The van der Waals surface area contributed by atoms with Gasteiger partial charge in [0.25, 0.3) is 10.0 Å². The van der Waals surface area contributed by atoms with E-state index in [4.69, 9.17) is 10.5 Å². The van der Waals surface area contributed by atoms with Crippen molar-refractivity contribution in [2.24, 2.45) is 5.73 Å². The average Bonchev–Trinajstić information content (AvgIpc) is 2.71. The van der Waals surface area contributed by atoms with Gasteiger partial charge in [-0.3, -0.25) is 0 Å². The van der Waals surface area contributed by atoms with E-state index < -0.39 is 16.2 Å². The minimum atomic E-state index is -3.42. The molecule has 2 rings (SSSR count). The average molecular weight is 248 g/mol. The van der Waals surface area contributed by atoms with Gasteiger partial charge < -0.3 is 10.5 Å². The van der Waals surface area contributed by atoms with Crippen LogP contribution in [0, 0.1) is 0 Å². The van der Waals surface area contributed by atoms with E-state index in [0.717, 1.165) is 0 Å². The first-order valence-corrected chi connectivity index (χ1v) is 6.83. The number of nitrogens with two attached hydrogens (primary N) is 1. The van der Waals surface area contributed by atoms with Gasteiger partial charge in [0.1, 0.15) is 4.21 Å². The van der Waals surface area contributed by atoms with Gasteiger partial charge in [-0.25, -0.2) is 8.42 Å². The van der Waals surface area contributed by atoms with E-state index in [2.05, 4.69) is 0 Å². The summed E-state index contributed by atoms with van der Waals surface area (Å²) in [6, 6.07) is 3.30. The van der Waals surface area contributed by atoms with Crippen LogP contribution in [-0.4, -0.2) is 38.6 Å². The summed E-state index contributed by atoms with van der Waals surface area (Å²) >= 11 is 1.20. The van der Waals surface area contributed by atoms with Crippen LogP contribution in [0.4, 0.5) is 0 Å². The van der Waals surface area contributed by atoms with Crippen LogP contribution in [0.3, 0.4) is 0 Å². The lowest BCUT2D eigenvalue weighted by Gasteiger charge is -2.31. The Hall–Kier alpha value is -0.470. The summed E-state index contributed by atoms with van der Waals surface area (Å²) in [5, 5.41) is 1.73. The van der Waals surface area contributed by atoms with Gasteiger partial charge in [0.2, 0.25) is 0 Å². The van der Waals surface area contributed by atoms with Crippen molar-refractivity contribution in [2.45, 2.75) is 10.4 Å². The standard InChI is InChI=1S/C8H12N2O3S2/c9-7-6-13-4-3-10(7)15(11,12)8-2-1-5-14-8/h1-2,5,7H,3-4,6,9H2. The Bertz CT molecular complexity index is 415. The van der Waals surface area contributed by atoms with Crippen LogP contribution in [0.2, 0.25) is 0 Å². The maximum absolute atomic E-state index is 12.1. The third kappa shape index (κ3) is 2.06. The minimum Gasteiger partial charge on any atom is -0.377 e. The molecule has 0 amide bonds. The first-order chi connectivity index (χ1) is 7.12. The van der Waals surface area contributed by atoms with Gasteiger partial charge in [-0.2, -0.15) is 4.31 Å². The molecular formula is C8H12N2O3S2. The van der Waals surface area contributed by atoms with E-state index in [0.29, 0.717) is 17.4 Å². The molecule has 1 unspecified atom stereocenters. The van der Waals surface area contributed by atoms with E-state index >= 15 is 0 Å². The zero-order chi connectivity index (χ0) is 10.9. The number of rotatable bonds is 2. The Morgan fingerprint density at radius 3 is 3.00 bits per heavy atom. The molecular weight excluding hydrogens is 236 g/mol. The first kappa shape index (κ1) is 11.0. The van der Waals surface area contributed by atoms with Crippen LogP contribution in [0.15, 0.2) is 21.7 Å². The lowest BCUT2D eigenvalue weighted by molar-refractivity contribution is 0.0351. The van der Waals surface area contributed by atoms with Gasteiger partial charge >= 0.3 is 0 Å². The molecule has 1 aromatic heterocycles. The summed E-state index contributed by atoms with van der Waals surface area (Å²) in [4.78, 5) is 0. The van der Waals surface area contributed by atoms with Gasteiger partial charge in [0.15, 0.2) is 0 Å². The molecule has 1 fully saturated rings. The highest BCUT2D eigenvalue weighted by atomic mass is 32.2. The second-order valence-corrected chi connectivity index (χ2v) is 6.26. The highest BCUT2D eigenvalue weighted by Gasteiger charge is 2.32. The quantitative estimate of drug-likeness (QED) is 0.803. The SMILES string of the molecule is NC1COCCN1S(=O)(=O)c1cccs1. The summed E-state index contributed by atoms with van der Waals surface area (Å²) in [5.74, 6) is 0. The minimum absolute atomic E-state index is 0.255. The predicted octanol–water partition coefficient (Wildman–Crippen LogP) is 0.0538. The summed E-state index contributed by atoms with van der Waals surface area (Å²) in [7, 11) is -3.42. The number of sulfonamides is 1. The molecule has 7 heteroatoms. The predicted molar refractivity (Wildman–Crippen MR) is 57.0 cm³/mol. The molecule has 2 heterocycles. The largest absolute Gasteiger partial charge is 0.377 e. The molecule has 0 radical (unpaired) electrons. The Kier molecular flexibility index (Phi) is 3.08. The number of hydrogen-bond acceptors (Lipinski definition) is 5. The van der Waals surface area contributed by atoms with E-state index in [9.17, 15) is 8.42 Å². The van der Waals surface area contributed by atoms with Crippen molar-refractivity contribution < 1.29 is 13.2 Å². The summed E-state index contributed by atoms with van der Waals surface area (Å²) in [6.45, 7) is 0.976. The molecule has 1 aromatic rings. The first-order valence-electron chi connectivity index (χ1n) is 4.51. The topological polar surface area (TPSA) is 72.6 Å². The maximum atomic E-state index is 12.1. The molecule has 0 aromatic carbocycles. The number of thiophene rings is 1. The fourth-order valence-corrected chi connectivity index (χ4v) is 4.03. The highest BCUT2D eigenvalue weighted by molar-refractivity contribution is 7.91. The molecule has 0 spiro atoms. The molecule has 0 saturated carbocycles. The number of nitrogens with zero attached hydrogens (tertiary/aromatic N) is 1. The second-order valence-electron chi connectivity index (χ2n) is 3.19. The van der Waals surface area contributed by atoms with Crippen molar-refractivity contribution in [3.63, 3.8) is 0 Å². The zero-order valence-electron chi connectivity index (χ0n) is 8.00. The Morgan fingerprint density at radius 2 is 2.40 bits per heavy atom. The van der Waals surface area contributed by atoms with Crippen LogP contribution in [0.5, 0.6) is 0 Å². The van der Waals surface area contributed by atoms with Crippen molar-refractivity contribution in [1.29, 1.82) is 0 Å². The van der Waals surface area contributed by atoms with Crippen LogP contribution < -0.4 is 5.73 Å². The van der Waals surface area contributed by atoms with Crippen molar-refractivity contribution in [3.8, 4) is 0 Å². The smallest absolute Gasteiger partial charge is 0.254 e. The molecule has 1 atom stereocenters. The molecule has 2 N–H and O–H groups in total. The number of morpholine rings is 1. The van der Waals surface area contributed by atoms with E-state index in [1.54, 1.807) is 17.5 Å². The van der Waals surface area contributed by atoms with Crippen LogP contribution in [0.25, 0.3) is 0 Å². The molecule has 0 bridgehead atoms. The fourth-order valence-electron chi connectivity index (χ4n) is 1.43. The fraction of sp³-hybridized carbons (Fsp3) is 0.500. The van der Waals surface area contributed by atoms with E-state index in [1.807, 2.05) is 0 Å². The highest BCUT2D eigenvalue weighted by Crippen LogP contribution is 2.22. The van der Waals surface area contributed by atoms with Gasteiger partial charge in [-0.05, 0) is 11.4 Å². The Morgan fingerprint density at radius 1 is 1.60 bits per heavy atom. The van der Waals surface area contributed by atoms with Crippen LogP contribution in [0.1, 0.15) is 0 Å². The van der Waals surface area contributed by atoms with Gasteiger partial charge in [0, 0.05) is 6.54 Å². The van der Waals surface area contributed by atoms with E-state index in [1.165, 1.54) is 15.6 Å². The molecule has 5 nitrogen and oxygen atoms in total. The van der Waals surface area contributed by atoms with Gasteiger partial charge in [0.05, 0.1) is 19.4 Å². The van der Waals surface area contributed by atoms with Crippen molar-refractivity contribution >= 4 is 21.4 Å². The molecule has 1 aliphatic heterocycles. The lowest BCUT2D eigenvalue weighted by atomic mass is 10.4. The Labute approximate surface area is 92.5 Å². The molecule has 15 heavy (non-hydrogen) atoms. The van der Waals surface area contributed by atoms with Crippen molar-refractivity contribution in [3.05, 3.63) is 17.5 Å². The summed E-state index contributed by atoms with van der Waals surface area (Å²) in [6.07, 6.45) is -0.578. The van der Waals surface area contributed by atoms with Crippen LogP contribution >= 0.6 is 11.3 Å². The van der Waals surface area contributed by atoms with E-state index in [-0.39, 0.29) is 6.61 Å².